The zero-order chi connectivity index (χ0) is 12.3. The van der Waals surface area contributed by atoms with Gasteiger partial charge in [0, 0.05) is 24.1 Å². The fourth-order valence-corrected chi connectivity index (χ4v) is 2.00. The average Bonchev–Trinajstić information content (AvgIpc) is 2.30. The summed E-state index contributed by atoms with van der Waals surface area (Å²) in [7, 11) is -1.63. The number of aromatic nitrogens is 2. The molecule has 0 amide bonds. The van der Waals surface area contributed by atoms with Crippen molar-refractivity contribution in [2.75, 3.05) is 10.5 Å². The SMILES string of the molecule is Nc1ccc(S(=O)Nc2ncccn2)c(O)c1. The van der Waals surface area contributed by atoms with E-state index in [1.54, 1.807) is 12.1 Å². The summed E-state index contributed by atoms with van der Waals surface area (Å²) in [5.41, 5.74) is 5.88. The summed E-state index contributed by atoms with van der Waals surface area (Å²) in [5, 5.41) is 9.59. The zero-order valence-corrected chi connectivity index (χ0v) is 9.52. The van der Waals surface area contributed by atoms with E-state index in [0.717, 1.165) is 0 Å². The second kappa shape index (κ2) is 4.79. The maximum Gasteiger partial charge on any atom is 0.234 e. The van der Waals surface area contributed by atoms with Gasteiger partial charge in [0.1, 0.15) is 10.6 Å². The third-order valence-corrected chi connectivity index (χ3v) is 3.05. The van der Waals surface area contributed by atoms with Crippen molar-refractivity contribution in [3.05, 3.63) is 36.7 Å². The number of rotatable bonds is 3. The molecule has 4 N–H and O–H groups in total. The van der Waals surface area contributed by atoms with Gasteiger partial charge in [0.15, 0.2) is 11.0 Å². The number of nitrogens with one attached hydrogen (secondary N) is 1. The topological polar surface area (TPSA) is 101 Å². The van der Waals surface area contributed by atoms with Gasteiger partial charge in [-0.3, -0.25) is 4.72 Å². The van der Waals surface area contributed by atoms with E-state index in [9.17, 15) is 9.32 Å². The van der Waals surface area contributed by atoms with Gasteiger partial charge in [0.2, 0.25) is 5.95 Å². The molecule has 2 aromatic rings. The quantitative estimate of drug-likeness (QED) is 0.702. The number of hydrogen-bond acceptors (Lipinski definition) is 5. The van der Waals surface area contributed by atoms with Crippen molar-refractivity contribution in [2.24, 2.45) is 0 Å². The molecule has 1 aromatic heterocycles. The lowest BCUT2D eigenvalue weighted by Gasteiger charge is -2.06. The minimum absolute atomic E-state index is 0.133. The van der Waals surface area contributed by atoms with Crippen LogP contribution in [0.1, 0.15) is 0 Å². The van der Waals surface area contributed by atoms with Crippen molar-refractivity contribution in [2.45, 2.75) is 4.90 Å². The summed E-state index contributed by atoms with van der Waals surface area (Å²) in [6.07, 6.45) is 3.05. The Balaban J connectivity index is 2.21. The van der Waals surface area contributed by atoms with Gasteiger partial charge in [-0.05, 0) is 18.2 Å². The highest BCUT2D eigenvalue weighted by molar-refractivity contribution is 7.86. The molecule has 0 radical (unpaired) electrons. The molecule has 7 heteroatoms. The molecule has 1 atom stereocenters. The molecule has 2 rings (SSSR count). The average molecular weight is 250 g/mol. The molecule has 6 nitrogen and oxygen atoms in total. The lowest BCUT2D eigenvalue weighted by atomic mass is 10.3. The van der Waals surface area contributed by atoms with Gasteiger partial charge < -0.3 is 10.8 Å². The second-order valence-electron chi connectivity index (χ2n) is 3.17. The van der Waals surface area contributed by atoms with E-state index in [1.807, 2.05) is 0 Å². The van der Waals surface area contributed by atoms with Crippen LogP contribution < -0.4 is 10.5 Å². The maximum atomic E-state index is 11.9. The highest BCUT2D eigenvalue weighted by Crippen LogP contribution is 2.23. The van der Waals surface area contributed by atoms with E-state index in [0.29, 0.717) is 5.69 Å². The number of nitrogens with two attached hydrogens (primary N) is 1. The van der Waals surface area contributed by atoms with Gasteiger partial charge >= 0.3 is 0 Å². The van der Waals surface area contributed by atoms with Crippen molar-refractivity contribution in [1.29, 1.82) is 0 Å². The molecule has 1 heterocycles. The van der Waals surface area contributed by atoms with E-state index in [-0.39, 0.29) is 16.6 Å². The molecule has 0 spiro atoms. The Labute approximate surface area is 100 Å². The van der Waals surface area contributed by atoms with Crippen molar-refractivity contribution in [3.63, 3.8) is 0 Å². The molecule has 0 saturated carbocycles. The Bertz CT molecular complexity index is 547. The minimum Gasteiger partial charge on any atom is -0.507 e. The van der Waals surface area contributed by atoms with Gasteiger partial charge in [-0.15, -0.1) is 0 Å². The molecule has 0 bridgehead atoms. The largest absolute Gasteiger partial charge is 0.507 e. The summed E-state index contributed by atoms with van der Waals surface area (Å²) in [4.78, 5) is 7.97. The Morgan fingerprint density at radius 1 is 1.29 bits per heavy atom. The minimum atomic E-state index is -1.63. The number of hydrogen-bond donors (Lipinski definition) is 3. The summed E-state index contributed by atoms with van der Waals surface area (Å²) < 4.78 is 14.4. The molecule has 1 unspecified atom stereocenters. The van der Waals surface area contributed by atoms with Crippen LogP contribution in [0.4, 0.5) is 11.6 Å². The third kappa shape index (κ3) is 2.70. The van der Waals surface area contributed by atoms with E-state index in [4.69, 9.17) is 5.73 Å². The normalized spacial score (nSPS) is 12.0. The number of phenols is 1. The number of aromatic hydroxyl groups is 1. The Morgan fingerprint density at radius 2 is 2.00 bits per heavy atom. The summed E-state index contributed by atoms with van der Waals surface area (Å²) in [6.45, 7) is 0. The molecule has 0 aliphatic heterocycles. The zero-order valence-electron chi connectivity index (χ0n) is 8.70. The number of nitrogen functional groups attached to an aromatic ring is 1. The monoisotopic (exact) mass is 250 g/mol. The summed E-state index contributed by atoms with van der Waals surface area (Å²) >= 11 is 0. The second-order valence-corrected chi connectivity index (χ2v) is 4.35. The first-order valence-electron chi connectivity index (χ1n) is 4.71. The lowest BCUT2D eigenvalue weighted by Crippen LogP contribution is -2.07. The highest BCUT2D eigenvalue weighted by atomic mass is 32.2. The van der Waals surface area contributed by atoms with Gasteiger partial charge in [-0.1, -0.05) is 0 Å². The first kappa shape index (κ1) is 11.3. The Hall–Kier alpha value is -2.15. The van der Waals surface area contributed by atoms with Crippen LogP contribution in [0.2, 0.25) is 0 Å². The van der Waals surface area contributed by atoms with Crippen molar-refractivity contribution in [1.82, 2.24) is 9.97 Å². The van der Waals surface area contributed by atoms with E-state index in [2.05, 4.69) is 14.7 Å². The van der Waals surface area contributed by atoms with Crippen molar-refractivity contribution < 1.29 is 9.32 Å². The molecule has 17 heavy (non-hydrogen) atoms. The van der Waals surface area contributed by atoms with Crippen LogP contribution in [0.5, 0.6) is 5.75 Å². The van der Waals surface area contributed by atoms with E-state index >= 15 is 0 Å². The third-order valence-electron chi connectivity index (χ3n) is 1.93. The van der Waals surface area contributed by atoms with Crippen LogP contribution in [0.15, 0.2) is 41.6 Å². The molecule has 0 aliphatic rings. The van der Waals surface area contributed by atoms with Crippen LogP contribution in [0.3, 0.4) is 0 Å². The van der Waals surface area contributed by atoms with Crippen LogP contribution in [-0.2, 0) is 11.0 Å². The van der Waals surface area contributed by atoms with Crippen molar-refractivity contribution in [3.8, 4) is 5.75 Å². The summed E-state index contributed by atoms with van der Waals surface area (Å²) in [5.74, 6) is 0.0915. The van der Waals surface area contributed by atoms with Crippen LogP contribution in [0.25, 0.3) is 0 Å². The predicted molar refractivity (Wildman–Crippen MR) is 64.6 cm³/mol. The molecule has 1 aromatic carbocycles. The highest BCUT2D eigenvalue weighted by Gasteiger charge is 2.10. The van der Waals surface area contributed by atoms with E-state index in [1.165, 1.54) is 24.5 Å². The van der Waals surface area contributed by atoms with Gasteiger partial charge in [-0.2, -0.15) is 0 Å². The molecule has 88 valence electrons. The van der Waals surface area contributed by atoms with Gasteiger partial charge in [-0.25, -0.2) is 14.2 Å². The van der Waals surface area contributed by atoms with Crippen molar-refractivity contribution >= 4 is 22.6 Å². The maximum absolute atomic E-state index is 11.9. The Kier molecular flexibility index (Phi) is 3.20. The van der Waals surface area contributed by atoms with Crippen LogP contribution >= 0.6 is 0 Å². The standard InChI is InChI=1S/C10H10N4O2S/c11-7-2-3-9(8(15)6-7)17(16)14-10-12-4-1-5-13-10/h1-6,15H,11H2,(H,12,13,14). The number of phenolic OH excluding ortho intramolecular Hbond substituents is 1. The first-order valence-corrected chi connectivity index (χ1v) is 5.86. The van der Waals surface area contributed by atoms with Crippen LogP contribution in [0, 0.1) is 0 Å². The fraction of sp³-hybridized carbons (Fsp3) is 0. The molecule has 0 saturated heterocycles. The molecular weight excluding hydrogens is 240 g/mol. The molecular formula is C10H10N4O2S. The first-order chi connectivity index (χ1) is 8.16. The van der Waals surface area contributed by atoms with E-state index < -0.39 is 11.0 Å². The van der Waals surface area contributed by atoms with Crippen LogP contribution in [-0.4, -0.2) is 19.3 Å². The fourth-order valence-electron chi connectivity index (χ4n) is 1.18. The smallest absolute Gasteiger partial charge is 0.234 e. The Morgan fingerprint density at radius 3 is 2.65 bits per heavy atom. The van der Waals surface area contributed by atoms with Gasteiger partial charge in [0.25, 0.3) is 0 Å². The molecule has 0 fully saturated rings. The summed E-state index contributed by atoms with van der Waals surface area (Å²) in [6, 6.07) is 6.02. The predicted octanol–water partition coefficient (Wildman–Crippen LogP) is 0.899. The van der Waals surface area contributed by atoms with Gasteiger partial charge in [0.05, 0.1) is 0 Å². The molecule has 0 aliphatic carbocycles. The number of anilines is 2. The lowest BCUT2D eigenvalue weighted by molar-refractivity contribution is 0.461. The number of benzene rings is 1. The number of nitrogens with zero attached hydrogens (tertiary/aromatic N) is 2.